The molecule has 4 rings (SSSR count). The van der Waals surface area contributed by atoms with Crippen LogP contribution < -0.4 is 20.1 Å². The van der Waals surface area contributed by atoms with Crippen LogP contribution in [0.3, 0.4) is 0 Å². The molecule has 0 unspecified atom stereocenters. The first-order chi connectivity index (χ1) is 16.2. The predicted octanol–water partition coefficient (Wildman–Crippen LogP) is 5.03. The minimum Gasteiger partial charge on any atom is -0.493 e. The Balaban J connectivity index is 1.99. The summed E-state index contributed by atoms with van der Waals surface area (Å²) < 4.78 is 52.2. The van der Waals surface area contributed by atoms with Crippen molar-refractivity contribution in [3.63, 3.8) is 0 Å². The molecule has 0 saturated heterocycles. The molecular formula is C25H22F3N3O3. The van der Waals surface area contributed by atoms with Crippen molar-refractivity contribution in [2.75, 3.05) is 19.1 Å². The Morgan fingerprint density at radius 2 is 1.79 bits per heavy atom. The fraction of sp³-hybridized carbons (Fsp3) is 0.280. The smallest absolute Gasteiger partial charge is 0.418 e. The van der Waals surface area contributed by atoms with Gasteiger partial charge in [-0.3, -0.25) is 9.69 Å². The zero-order valence-corrected chi connectivity index (χ0v) is 18.6. The molecule has 2 aliphatic rings. The molecule has 0 saturated carbocycles. The number of carbonyl (C=O) groups excluding carboxylic acids is 1. The fourth-order valence-corrected chi connectivity index (χ4v) is 4.64. The van der Waals surface area contributed by atoms with Crippen molar-refractivity contribution in [2.45, 2.75) is 31.4 Å². The normalized spacial score (nSPS) is 18.5. The quantitative estimate of drug-likeness (QED) is 0.676. The Bertz CT molecular complexity index is 1260. The lowest BCUT2D eigenvalue weighted by atomic mass is 9.75. The summed E-state index contributed by atoms with van der Waals surface area (Å²) >= 11 is 0. The molecule has 1 aliphatic heterocycles. The van der Waals surface area contributed by atoms with E-state index in [9.17, 15) is 23.2 Å². The molecule has 1 atom stereocenters. The van der Waals surface area contributed by atoms with Crippen molar-refractivity contribution in [2.24, 2.45) is 5.73 Å². The van der Waals surface area contributed by atoms with Gasteiger partial charge in [0.15, 0.2) is 17.3 Å². The molecule has 0 amide bonds. The first-order valence-corrected chi connectivity index (χ1v) is 10.6. The van der Waals surface area contributed by atoms with Gasteiger partial charge in [-0.25, -0.2) is 0 Å². The average molecular weight is 469 g/mol. The van der Waals surface area contributed by atoms with Crippen LogP contribution in [0.4, 0.5) is 18.9 Å². The second-order valence-corrected chi connectivity index (χ2v) is 7.95. The highest BCUT2D eigenvalue weighted by molar-refractivity contribution is 6.01. The van der Waals surface area contributed by atoms with Crippen LogP contribution in [-0.4, -0.2) is 20.0 Å². The Labute approximate surface area is 194 Å². The number of hydrogen-bond donors (Lipinski definition) is 1. The number of anilines is 1. The molecule has 2 aromatic carbocycles. The summed E-state index contributed by atoms with van der Waals surface area (Å²) in [5.41, 5.74) is 6.50. The van der Waals surface area contributed by atoms with Crippen LogP contribution in [-0.2, 0) is 11.0 Å². The molecule has 34 heavy (non-hydrogen) atoms. The lowest BCUT2D eigenvalue weighted by Crippen LogP contribution is -2.39. The van der Waals surface area contributed by atoms with E-state index < -0.39 is 17.7 Å². The van der Waals surface area contributed by atoms with E-state index in [0.29, 0.717) is 35.6 Å². The topological polar surface area (TPSA) is 88.6 Å². The zero-order chi connectivity index (χ0) is 24.6. The average Bonchev–Trinajstić information content (AvgIpc) is 2.82. The van der Waals surface area contributed by atoms with Gasteiger partial charge in [0.05, 0.1) is 43.0 Å². The molecule has 0 radical (unpaired) electrons. The van der Waals surface area contributed by atoms with Crippen molar-refractivity contribution in [1.82, 2.24) is 0 Å². The molecule has 9 heteroatoms. The first-order valence-electron chi connectivity index (χ1n) is 10.6. The fourth-order valence-electron chi connectivity index (χ4n) is 4.64. The highest BCUT2D eigenvalue weighted by Gasteiger charge is 2.43. The summed E-state index contributed by atoms with van der Waals surface area (Å²) in [6.45, 7) is 0. The van der Waals surface area contributed by atoms with Gasteiger partial charge >= 0.3 is 6.18 Å². The molecule has 0 aromatic heterocycles. The molecule has 2 N–H and O–H groups in total. The van der Waals surface area contributed by atoms with Gasteiger partial charge in [0, 0.05) is 17.7 Å². The second-order valence-electron chi connectivity index (χ2n) is 7.95. The highest BCUT2D eigenvalue weighted by atomic mass is 19.4. The maximum atomic E-state index is 13.8. The standard InChI is InChI=1S/C25H22F3N3O3/c1-33-20-11-10-14(12-21(20)34-2)22-15(13-29)24(30)31(18-8-5-9-19(32)23(18)22)17-7-4-3-6-16(17)25(26,27)28/h3-4,6-7,10-12,22H,5,8-9,30H2,1-2H3/t22-/m0/s1. The lowest BCUT2D eigenvalue weighted by molar-refractivity contribution is -0.137. The number of Topliss-reactive ketones (excluding diaryl/α,β-unsaturated/α-hetero) is 1. The van der Waals surface area contributed by atoms with Gasteiger partial charge in [-0.2, -0.15) is 18.4 Å². The number of carbonyl (C=O) groups is 1. The molecule has 1 aliphatic carbocycles. The largest absolute Gasteiger partial charge is 0.493 e. The molecule has 0 fully saturated rings. The summed E-state index contributed by atoms with van der Waals surface area (Å²) in [5.74, 6) is -0.335. The van der Waals surface area contributed by atoms with E-state index in [0.717, 1.165) is 6.07 Å². The van der Waals surface area contributed by atoms with Crippen molar-refractivity contribution < 1.29 is 27.4 Å². The third-order valence-electron chi connectivity index (χ3n) is 6.10. The maximum absolute atomic E-state index is 13.8. The summed E-state index contributed by atoms with van der Waals surface area (Å²) in [6, 6.07) is 12.1. The molecule has 6 nitrogen and oxygen atoms in total. The van der Waals surface area contributed by atoms with Crippen LogP contribution >= 0.6 is 0 Å². The van der Waals surface area contributed by atoms with Crippen LogP contribution in [0.15, 0.2) is 65.1 Å². The van der Waals surface area contributed by atoms with Gasteiger partial charge in [-0.05, 0) is 42.7 Å². The van der Waals surface area contributed by atoms with E-state index >= 15 is 0 Å². The van der Waals surface area contributed by atoms with E-state index in [1.165, 1.54) is 37.3 Å². The number of para-hydroxylation sites is 1. The minimum atomic E-state index is -4.65. The summed E-state index contributed by atoms with van der Waals surface area (Å²) in [6.07, 6.45) is -3.61. The predicted molar refractivity (Wildman–Crippen MR) is 119 cm³/mol. The Hall–Kier alpha value is -3.93. The molecular weight excluding hydrogens is 447 g/mol. The molecule has 0 spiro atoms. The summed E-state index contributed by atoms with van der Waals surface area (Å²) in [5, 5.41) is 10.1. The van der Waals surface area contributed by atoms with Crippen LogP contribution in [0.1, 0.15) is 36.3 Å². The van der Waals surface area contributed by atoms with Crippen molar-refractivity contribution >= 4 is 11.5 Å². The third-order valence-corrected chi connectivity index (χ3v) is 6.10. The molecule has 176 valence electrons. The van der Waals surface area contributed by atoms with Crippen molar-refractivity contribution in [3.8, 4) is 17.6 Å². The number of benzene rings is 2. The molecule has 1 heterocycles. The van der Waals surface area contributed by atoms with Gasteiger partial charge < -0.3 is 15.2 Å². The Kier molecular flexibility index (Phi) is 6.00. The number of methoxy groups -OCH3 is 2. The van der Waals surface area contributed by atoms with E-state index in [4.69, 9.17) is 15.2 Å². The number of alkyl halides is 3. The monoisotopic (exact) mass is 469 g/mol. The van der Waals surface area contributed by atoms with Crippen LogP contribution in [0, 0.1) is 11.3 Å². The number of allylic oxidation sites excluding steroid dienone is 3. The van der Waals surface area contributed by atoms with Crippen molar-refractivity contribution in [3.05, 3.63) is 76.3 Å². The lowest BCUT2D eigenvalue weighted by Gasteiger charge is -2.40. The van der Waals surface area contributed by atoms with Gasteiger partial charge in [0.2, 0.25) is 0 Å². The maximum Gasteiger partial charge on any atom is 0.418 e. The van der Waals surface area contributed by atoms with E-state index in [1.807, 2.05) is 0 Å². The zero-order valence-electron chi connectivity index (χ0n) is 18.6. The number of hydrogen-bond acceptors (Lipinski definition) is 6. The number of nitrogens with zero attached hydrogens (tertiary/aromatic N) is 2. The molecule has 0 bridgehead atoms. The number of nitrogens with two attached hydrogens (primary N) is 1. The number of nitriles is 1. The number of rotatable bonds is 4. The Morgan fingerprint density at radius 1 is 1.09 bits per heavy atom. The van der Waals surface area contributed by atoms with E-state index in [1.54, 1.807) is 18.2 Å². The number of halogens is 3. The number of ether oxygens (including phenoxy) is 2. The van der Waals surface area contributed by atoms with Crippen LogP contribution in [0.2, 0.25) is 0 Å². The highest BCUT2D eigenvalue weighted by Crippen LogP contribution is 2.49. The van der Waals surface area contributed by atoms with Gasteiger partial charge in [0.25, 0.3) is 0 Å². The SMILES string of the molecule is COc1ccc([C@H]2C(C#N)=C(N)N(c3ccccc3C(F)(F)F)C3=C2C(=O)CCC3)cc1OC. The van der Waals surface area contributed by atoms with Crippen molar-refractivity contribution in [1.29, 1.82) is 5.26 Å². The van der Waals surface area contributed by atoms with Crippen LogP contribution in [0.25, 0.3) is 0 Å². The Morgan fingerprint density at radius 3 is 2.44 bits per heavy atom. The van der Waals surface area contributed by atoms with E-state index in [-0.39, 0.29) is 34.9 Å². The van der Waals surface area contributed by atoms with Crippen LogP contribution in [0.5, 0.6) is 11.5 Å². The first kappa shape index (κ1) is 23.2. The molecule has 2 aromatic rings. The number of ketones is 1. The van der Waals surface area contributed by atoms with Gasteiger partial charge in [0.1, 0.15) is 5.82 Å². The second kappa shape index (κ2) is 8.78. The van der Waals surface area contributed by atoms with Gasteiger partial charge in [-0.15, -0.1) is 0 Å². The summed E-state index contributed by atoms with van der Waals surface area (Å²) in [4.78, 5) is 14.4. The van der Waals surface area contributed by atoms with E-state index in [2.05, 4.69) is 6.07 Å². The summed E-state index contributed by atoms with van der Waals surface area (Å²) in [7, 11) is 2.95. The minimum absolute atomic E-state index is 0.00167. The van der Waals surface area contributed by atoms with Gasteiger partial charge in [-0.1, -0.05) is 18.2 Å². The third kappa shape index (κ3) is 3.75.